The molecule has 2 aromatic heterocycles. The fourth-order valence-electron chi connectivity index (χ4n) is 1.51. The van der Waals surface area contributed by atoms with Crippen LogP contribution in [0.15, 0.2) is 18.3 Å². The predicted octanol–water partition coefficient (Wildman–Crippen LogP) is 0.914. The monoisotopic (exact) mass is 189 g/mol. The van der Waals surface area contributed by atoms with E-state index in [1.54, 1.807) is 0 Å². The maximum absolute atomic E-state index is 10.7. The number of rotatable bonds is 2. The Morgan fingerprint density at radius 3 is 3.00 bits per heavy atom. The molecule has 2 N–H and O–H groups in total. The molecule has 72 valence electrons. The van der Waals surface area contributed by atoms with Crippen molar-refractivity contribution in [3.8, 4) is 0 Å². The minimum absolute atomic E-state index is 0.332. The van der Waals surface area contributed by atoms with Gasteiger partial charge in [-0.25, -0.2) is 4.98 Å². The number of imidazole rings is 1. The summed E-state index contributed by atoms with van der Waals surface area (Å²) in [5.74, 6) is 0.714. The van der Waals surface area contributed by atoms with Crippen LogP contribution in [0.1, 0.15) is 21.9 Å². The summed E-state index contributed by atoms with van der Waals surface area (Å²) in [4.78, 5) is 14.9. The van der Waals surface area contributed by atoms with Crippen molar-refractivity contribution in [1.29, 1.82) is 0 Å². The third-order valence-corrected chi connectivity index (χ3v) is 2.18. The SMILES string of the molecule is Cc1ccc2c(C=O)nc(CN)n2c1. The van der Waals surface area contributed by atoms with Gasteiger partial charge >= 0.3 is 0 Å². The number of carbonyl (C=O) groups excluding carboxylic acids is 1. The van der Waals surface area contributed by atoms with Crippen molar-refractivity contribution in [3.05, 3.63) is 35.4 Å². The molecule has 0 fully saturated rings. The van der Waals surface area contributed by atoms with E-state index in [2.05, 4.69) is 4.98 Å². The lowest BCUT2D eigenvalue weighted by Crippen LogP contribution is -2.02. The van der Waals surface area contributed by atoms with Gasteiger partial charge in [0.15, 0.2) is 6.29 Å². The highest BCUT2D eigenvalue weighted by atomic mass is 16.1. The van der Waals surface area contributed by atoms with Crippen LogP contribution < -0.4 is 5.73 Å². The third-order valence-electron chi connectivity index (χ3n) is 2.18. The molecule has 2 aromatic rings. The minimum Gasteiger partial charge on any atom is -0.324 e. The number of aldehydes is 1. The number of carbonyl (C=O) groups is 1. The molecule has 0 aliphatic carbocycles. The standard InChI is InChI=1S/C10H11N3O/c1-7-2-3-9-8(6-14)12-10(4-11)13(9)5-7/h2-3,5-6H,4,11H2,1H3. The van der Waals surface area contributed by atoms with Crippen LogP contribution in [0.25, 0.3) is 5.52 Å². The summed E-state index contributed by atoms with van der Waals surface area (Å²) in [5, 5.41) is 0. The first-order chi connectivity index (χ1) is 6.76. The summed E-state index contributed by atoms with van der Waals surface area (Å²) in [6.45, 7) is 2.32. The summed E-state index contributed by atoms with van der Waals surface area (Å²) >= 11 is 0. The topological polar surface area (TPSA) is 60.4 Å². The molecular weight excluding hydrogens is 178 g/mol. The molecule has 2 heterocycles. The Morgan fingerprint density at radius 2 is 2.36 bits per heavy atom. The molecule has 0 saturated carbocycles. The van der Waals surface area contributed by atoms with Gasteiger partial charge in [0.05, 0.1) is 12.1 Å². The zero-order valence-corrected chi connectivity index (χ0v) is 7.90. The van der Waals surface area contributed by atoms with Crippen molar-refractivity contribution in [1.82, 2.24) is 9.38 Å². The molecule has 4 heteroatoms. The lowest BCUT2D eigenvalue weighted by atomic mass is 10.3. The lowest BCUT2D eigenvalue weighted by molar-refractivity contribution is 0.112. The van der Waals surface area contributed by atoms with Crippen LogP contribution in [0.2, 0.25) is 0 Å². The number of aromatic nitrogens is 2. The molecule has 2 rings (SSSR count). The van der Waals surface area contributed by atoms with Crippen LogP contribution in [0.3, 0.4) is 0 Å². The molecule has 0 spiro atoms. The number of fused-ring (bicyclic) bond motifs is 1. The maximum atomic E-state index is 10.7. The number of nitrogens with zero attached hydrogens (tertiary/aromatic N) is 2. The van der Waals surface area contributed by atoms with Gasteiger partial charge in [-0.1, -0.05) is 6.07 Å². The highest BCUT2D eigenvalue weighted by Gasteiger charge is 2.08. The predicted molar refractivity (Wildman–Crippen MR) is 53.2 cm³/mol. The highest BCUT2D eigenvalue weighted by molar-refractivity contribution is 5.83. The Balaban J connectivity index is 2.82. The van der Waals surface area contributed by atoms with Crippen LogP contribution in [-0.4, -0.2) is 15.7 Å². The molecule has 0 radical (unpaired) electrons. The molecule has 0 atom stereocenters. The van der Waals surface area contributed by atoms with Crippen molar-refractivity contribution >= 4 is 11.8 Å². The Hall–Kier alpha value is -1.68. The molecule has 0 aliphatic heterocycles. The van der Waals surface area contributed by atoms with Crippen LogP contribution in [0, 0.1) is 6.92 Å². The van der Waals surface area contributed by atoms with E-state index in [1.807, 2.05) is 29.7 Å². The molecule has 0 amide bonds. The van der Waals surface area contributed by atoms with Crippen molar-refractivity contribution in [2.75, 3.05) is 0 Å². The van der Waals surface area contributed by atoms with E-state index in [0.717, 1.165) is 17.4 Å². The molecular formula is C10H11N3O. The largest absolute Gasteiger partial charge is 0.324 e. The van der Waals surface area contributed by atoms with Gasteiger partial charge < -0.3 is 10.1 Å². The van der Waals surface area contributed by atoms with Crippen molar-refractivity contribution in [2.45, 2.75) is 13.5 Å². The van der Waals surface area contributed by atoms with Gasteiger partial charge in [-0.05, 0) is 18.6 Å². The lowest BCUT2D eigenvalue weighted by Gasteiger charge is -1.99. The average Bonchev–Trinajstić information content (AvgIpc) is 2.55. The normalized spacial score (nSPS) is 10.7. The quantitative estimate of drug-likeness (QED) is 0.714. The number of hydrogen-bond donors (Lipinski definition) is 1. The summed E-state index contributed by atoms with van der Waals surface area (Å²) in [7, 11) is 0. The Morgan fingerprint density at radius 1 is 1.57 bits per heavy atom. The van der Waals surface area contributed by atoms with E-state index in [1.165, 1.54) is 0 Å². The van der Waals surface area contributed by atoms with Gasteiger partial charge in [-0.15, -0.1) is 0 Å². The van der Waals surface area contributed by atoms with E-state index >= 15 is 0 Å². The third kappa shape index (κ3) is 1.20. The highest BCUT2D eigenvalue weighted by Crippen LogP contribution is 2.12. The fraction of sp³-hybridized carbons (Fsp3) is 0.200. The Kier molecular flexibility index (Phi) is 2.05. The Labute approximate surface area is 81.4 Å². The first kappa shape index (κ1) is 8.90. The van der Waals surface area contributed by atoms with Crippen molar-refractivity contribution in [2.24, 2.45) is 5.73 Å². The van der Waals surface area contributed by atoms with Crippen LogP contribution in [0.4, 0.5) is 0 Å². The van der Waals surface area contributed by atoms with Crippen LogP contribution in [-0.2, 0) is 6.54 Å². The van der Waals surface area contributed by atoms with Gasteiger partial charge in [0, 0.05) is 6.20 Å². The number of hydrogen-bond acceptors (Lipinski definition) is 3. The van der Waals surface area contributed by atoms with Crippen LogP contribution >= 0.6 is 0 Å². The van der Waals surface area contributed by atoms with E-state index in [9.17, 15) is 4.79 Å². The number of nitrogens with two attached hydrogens (primary N) is 1. The van der Waals surface area contributed by atoms with Crippen molar-refractivity contribution in [3.63, 3.8) is 0 Å². The second kappa shape index (κ2) is 3.23. The number of aryl methyl sites for hydroxylation is 1. The number of pyridine rings is 1. The van der Waals surface area contributed by atoms with E-state index in [4.69, 9.17) is 5.73 Å². The van der Waals surface area contributed by atoms with Gasteiger partial charge in [0.25, 0.3) is 0 Å². The molecule has 0 unspecified atom stereocenters. The Bertz CT molecular complexity index is 487. The zero-order valence-electron chi connectivity index (χ0n) is 7.90. The second-order valence-electron chi connectivity index (χ2n) is 3.20. The van der Waals surface area contributed by atoms with Gasteiger partial charge in [-0.2, -0.15) is 0 Å². The zero-order chi connectivity index (χ0) is 10.1. The minimum atomic E-state index is 0.332. The van der Waals surface area contributed by atoms with Gasteiger partial charge in [0.1, 0.15) is 11.5 Å². The van der Waals surface area contributed by atoms with E-state index < -0.39 is 0 Å². The average molecular weight is 189 g/mol. The molecule has 4 nitrogen and oxygen atoms in total. The van der Waals surface area contributed by atoms with Crippen molar-refractivity contribution < 1.29 is 4.79 Å². The summed E-state index contributed by atoms with van der Waals surface area (Å²) in [6.07, 6.45) is 2.68. The van der Waals surface area contributed by atoms with Gasteiger partial charge in [0.2, 0.25) is 0 Å². The van der Waals surface area contributed by atoms with Crippen LogP contribution in [0.5, 0.6) is 0 Å². The molecule has 0 aliphatic rings. The second-order valence-corrected chi connectivity index (χ2v) is 3.20. The molecule has 0 aromatic carbocycles. The smallest absolute Gasteiger partial charge is 0.170 e. The summed E-state index contributed by atoms with van der Waals surface area (Å²) < 4.78 is 1.86. The van der Waals surface area contributed by atoms with Gasteiger partial charge in [-0.3, -0.25) is 4.79 Å². The maximum Gasteiger partial charge on any atom is 0.170 e. The summed E-state index contributed by atoms with van der Waals surface area (Å²) in [5.41, 5.74) is 7.91. The fourth-order valence-corrected chi connectivity index (χ4v) is 1.51. The molecule has 0 bridgehead atoms. The molecule has 0 saturated heterocycles. The van der Waals surface area contributed by atoms with E-state index in [0.29, 0.717) is 18.1 Å². The van der Waals surface area contributed by atoms with E-state index in [-0.39, 0.29) is 0 Å². The molecule has 14 heavy (non-hydrogen) atoms. The summed E-state index contributed by atoms with van der Waals surface area (Å²) in [6, 6.07) is 3.83. The first-order valence-electron chi connectivity index (χ1n) is 4.39. The first-order valence-corrected chi connectivity index (χ1v) is 4.39.